The Labute approximate surface area is 62.3 Å². The molecule has 3 nitrogen and oxygen atoms in total. The van der Waals surface area contributed by atoms with E-state index in [9.17, 15) is 4.79 Å². The van der Waals surface area contributed by atoms with Crippen LogP contribution < -0.4 is 0 Å². The molecule has 0 bridgehead atoms. The number of hydrogen-bond donors (Lipinski definition) is 1. The maximum absolute atomic E-state index is 10.3. The molecule has 0 saturated heterocycles. The second-order valence-electron chi connectivity index (χ2n) is 1.80. The van der Waals surface area contributed by atoms with Crippen LogP contribution in [0, 0.1) is 0 Å². The highest BCUT2D eigenvalue weighted by Crippen LogP contribution is 2.09. The van der Waals surface area contributed by atoms with Crippen molar-refractivity contribution >= 4 is 17.3 Å². The zero-order valence-electron chi connectivity index (χ0n) is 5.50. The fourth-order valence-corrected chi connectivity index (χ4v) is 1.31. The van der Waals surface area contributed by atoms with Crippen molar-refractivity contribution in [3.63, 3.8) is 0 Å². The van der Waals surface area contributed by atoms with Gasteiger partial charge in [-0.2, -0.15) is 0 Å². The monoisotopic (exact) mass is 157 g/mol. The number of carbonyl (C=O) groups is 1. The van der Waals surface area contributed by atoms with E-state index in [0.717, 1.165) is 12.1 Å². The number of carboxylic acid groups (broad SMARTS) is 1. The first-order valence-corrected chi connectivity index (χ1v) is 3.79. The summed E-state index contributed by atoms with van der Waals surface area (Å²) in [6.07, 6.45) is 0.795. The first-order valence-electron chi connectivity index (χ1n) is 2.91. The molecule has 0 fully saturated rings. The summed E-state index contributed by atoms with van der Waals surface area (Å²) in [6, 6.07) is 0. The lowest BCUT2D eigenvalue weighted by molar-refractivity contribution is 0.0696. The van der Waals surface area contributed by atoms with Crippen molar-refractivity contribution in [1.29, 1.82) is 0 Å². The van der Waals surface area contributed by atoms with Crippen molar-refractivity contribution in [3.8, 4) is 0 Å². The highest BCUT2D eigenvalue weighted by atomic mass is 32.1. The summed E-state index contributed by atoms with van der Waals surface area (Å²) < 4.78 is 0. The van der Waals surface area contributed by atoms with E-state index in [1.54, 1.807) is 5.38 Å². The molecular weight excluding hydrogens is 150 g/mol. The molecule has 0 aliphatic carbocycles. The van der Waals surface area contributed by atoms with Crippen LogP contribution in [0.15, 0.2) is 5.38 Å². The summed E-state index contributed by atoms with van der Waals surface area (Å²) in [4.78, 5) is 14.1. The van der Waals surface area contributed by atoms with Crippen LogP contribution in [0.2, 0.25) is 0 Å². The van der Waals surface area contributed by atoms with Crippen LogP contribution in [0.25, 0.3) is 0 Å². The van der Waals surface area contributed by atoms with Crippen LogP contribution in [0.3, 0.4) is 0 Å². The Bertz CT molecular complexity index is 244. The minimum atomic E-state index is -0.940. The summed E-state index contributed by atoms with van der Waals surface area (Å²) in [7, 11) is 0. The van der Waals surface area contributed by atoms with Crippen LogP contribution in [0.1, 0.15) is 22.4 Å². The topological polar surface area (TPSA) is 50.2 Å². The van der Waals surface area contributed by atoms with Gasteiger partial charge in [0.1, 0.15) is 0 Å². The van der Waals surface area contributed by atoms with E-state index < -0.39 is 5.97 Å². The van der Waals surface area contributed by atoms with E-state index in [4.69, 9.17) is 5.11 Å². The number of nitrogens with zero attached hydrogens (tertiary/aromatic N) is 1. The van der Waals surface area contributed by atoms with Gasteiger partial charge < -0.3 is 5.11 Å². The first-order chi connectivity index (χ1) is 4.74. The van der Waals surface area contributed by atoms with Gasteiger partial charge in [-0.05, 0) is 6.42 Å². The predicted molar refractivity (Wildman–Crippen MR) is 38.5 cm³/mol. The number of thiazole rings is 1. The Balaban J connectivity index is 2.88. The van der Waals surface area contributed by atoms with Crippen molar-refractivity contribution in [2.75, 3.05) is 0 Å². The maximum Gasteiger partial charge on any atom is 0.365 e. The molecule has 0 unspecified atom stereocenters. The summed E-state index contributed by atoms with van der Waals surface area (Å²) in [5.41, 5.74) is 0.849. The molecule has 4 heteroatoms. The third-order valence-corrected chi connectivity index (χ3v) is 1.98. The van der Waals surface area contributed by atoms with E-state index in [2.05, 4.69) is 4.98 Å². The Morgan fingerprint density at radius 1 is 1.90 bits per heavy atom. The van der Waals surface area contributed by atoms with E-state index in [1.165, 1.54) is 11.3 Å². The molecule has 1 heterocycles. The van der Waals surface area contributed by atoms with Crippen molar-refractivity contribution in [3.05, 3.63) is 16.1 Å². The highest BCUT2D eigenvalue weighted by molar-refractivity contribution is 7.11. The number of hydrogen-bond acceptors (Lipinski definition) is 3. The summed E-state index contributed by atoms with van der Waals surface area (Å²) in [5.74, 6) is -0.940. The molecule has 10 heavy (non-hydrogen) atoms. The second kappa shape index (κ2) is 2.79. The SMILES string of the molecule is CCc1csc(C(=O)O)n1. The molecule has 1 rings (SSSR count). The Morgan fingerprint density at radius 2 is 2.60 bits per heavy atom. The van der Waals surface area contributed by atoms with Crippen LogP contribution in [0.5, 0.6) is 0 Å². The van der Waals surface area contributed by atoms with Crippen molar-refractivity contribution in [2.24, 2.45) is 0 Å². The predicted octanol–water partition coefficient (Wildman–Crippen LogP) is 1.40. The molecule has 1 aromatic rings. The lowest BCUT2D eigenvalue weighted by Gasteiger charge is -1.82. The lowest BCUT2D eigenvalue weighted by Crippen LogP contribution is -1.94. The molecular formula is C6H7NO2S. The quantitative estimate of drug-likeness (QED) is 0.706. The molecule has 0 saturated carbocycles. The van der Waals surface area contributed by atoms with Crippen LogP contribution in [-0.2, 0) is 6.42 Å². The van der Waals surface area contributed by atoms with E-state index >= 15 is 0 Å². The van der Waals surface area contributed by atoms with Gasteiger partial charge in [0.15, 0.2) is 0 Å². The van der Waals surface area contributed by atoms with Crippen LogP contribution in [-0.4, -0.2) is 16.1 Å². The number of rotatable bonds is 2. The van der Waals surface area contributed by atoms with E-state index in [1.807, 2.05) is 6.92 Å². The zero-order valence-corrected chi connectivity index (χ0v) is 6.31. The zero-order chi connectivity index (χ0) is 7.56. The molecule has 0 radical (unpaired) electrons. The molecule has 0 aromatic carbocycles. The average Bonchev–Trinajstić information content (AvgIpc) is 2.34. The molecule has 1 N–H and O–H groups in total. The van der Waals surface area contributed by atoms with Gasteiger partial charge in [0.2, 0.25) is 5.01 Å². The molecule has 1 aromatic heterocycles. The Morgan fingerprint density at radius 3 is 2.90 bits per heavy atom. The van der Waals surface area contributed by atoms with Gasteiger partial charge >= 0.3 is 5.97 Å². The molecule has 0 aliphatic rings. The number of aryl methyl sites for hydroxylation is 1. The molecule has 54 valence electrons. The summed E-state index contributed by atoms with van der Waals surface area (Å²) in [5, 5.41) is 10.4. The standard InChI is InChI=1S/C6H7NO2S/c1-2-4-3-10-5(7-4)6(8)9/h3H,2H2,1H3,(H,8,9). The third kappa shape index (κ3) is 1.33. The van der Waals surface area contributed by atoms with Crippen LogP contribution >= 0.6 is 11.3 Å². The molecule has 0 amide bonds. The van der Waals surface area contributed by atoms with Gasteiger partial charge in [-0.25, -0.2) is 9.78 Å². The van der Waals surface area contributed by atoms with Gasteiger partial charge in [0, 0.05) is 5.38 Å². The third-order valence-electron chi connectivity index (χ3n) is 1.10. The smallest absolute Gasteiger partial charge is 0.365 e. The minimum Gasteiger partial charge on any atom is -0.476 e. The van der Waals surface area contributed by atoms with Crippen molar-refractivity contribution in [1.82, 2.24) is 4.98 Å². The van der Waals surface area contributed by atoms with Crippen molar-refractivity contribution in [2.45, 2.75) is 13.3 Å². The number of carboxylic acids is 1. The maximum atomic E-state index is 10.3. The van der Waals surface area contributed by atoms with Gasteiger partial charge in [-0.3, -0.25) is 0 Å². The normalized spacial score (nSPS) is 9.70. The highest BCUT2D eigenvalue weighted by Gasteiger charge is 2.06. The number of aromatic carboxylic acids is 1. The first kappa shape index (κ1) is 7.21. The van der Waals surface area contributed by atoms with Gasteiger partial charge in [-0.15, -0.1) is 11.3 Å². The summed E-state index contributed by atoms with van der Waals surface area (Å²) >= 11 is 1.17. The van der Waals surface area contributed by atoms with E-state index in [0.29, 0.717) is 0 Å². The largest absolute Gasteiger partial charge is 0.476 e. The minimum absolute atomic E-state index is 0.178. The molecule has 0 atom stereocenters. The van der Waals surface area contributed by atoms with Crippen molar-refractivity contribution < 1.29 is 9.90 Å². The van der Waals surface area contributed by atoms with Gasteiger partial charge in [-0.1, -0.05) is 6.92 Å². The fraction of sp³-hybridized carbons (Fsp3) is 0.333. The molecule has 0 spiro atoms. The second-order valence-corrected chi connectivity index (χ2v) is 2.66. The molecule has 0 aliphatic heterocycles. The Kier molecular flexibility index (Phi) is 2.01. The lowest BCUT2D eigenvalue weighted by atomic mass is 10.4. The van der Waals surface area contributed by atoms with Gasteiger partial charge in [0.05, 0.1) is 5.69 Å². The van der Waals surface area contributed by atoms with Gasteiger partial charge in [0.25, 0.3) is 0 Å². The Hall–Kier alpha value is -0.900. The van der Waals surface area contributed by atoms with Crippen LogP contribution in [0.4, 0.5) is 0 Å². The summed E-state index contributed by atoms with van der Waals surface area (Å²) in [6.45, 7) is 1.95. The number of aromatic nitrogens is 1. The fourth-order valence-electron chi connectivity index (χ4n) is 0.568. The average molecular weight is 157 g/mol. The van der Waals surface area contributed by atoms with E-state index in [-0.39, 0.29) is 5.01 Å².